The Morgan fingerprint density at radius 1 is 1.44 bits per heavy atom. The first-order valence-electron chi connectivity index (χ1n) is 4.67. The zero-order valence-corrected chi connectivity index (χ0v) is 11.2. The van der Waals surface area contributed by atoms with Crippen LogP contribution in [0, 0.1) is 5.82 Å². The van der Waals surface area contributed by atoms with Gasteiger partial charge in [0.1, 0.15) is 4.90 Å². The molecular weight excluding hydrogens is 327 g/mol. The van der Waals surface area contributed by atoms with Gasteiger partial charge in [0.05, 0.1) is 4.47 Å². The summed E-state index contributed by atoms with van der Waals surface area (Å²) in [5.74, 6) is -0.920. The van der Waals surface area contributed by atoms with E-state index in [1.54, 1.807) is 0 Å². The van der Waals surface area contributed by atoms with Gasteiger partial charge in [-0.15, -0.1) is 0 Å². The molecule has 0 unspecified atom stereocenters. The Morgan fingerprint density at radius 3 is 2.78 bits per heavy atom. The summed E-state index contributed by atoms with van der Waals surface area (Å²) >= 11 is 2.90. The summed E-state index contributed by atoms with van der Waals surface area (Å²) in [4.78, 5) is 5.68. The van der Waals surface area contributed by atoms with Crippen molar-refractivity contribution < 1.29 is 12.8 Å². The molecule has 4 N–H and O–H groups in total. The Bertz CT molecular complexity index is 672. The van der Waals surface area contributed by atoms with Crippen LogP contribution in [0.3, 0.4) is 0 Å². The lowest BCUT2D eigenvalue weighted by Crippen LogP contribution is -2.16. The monoisotopic (exact) mass is 334 g/mol. The first kappa shape index (κ1) is 12.8. The molecule has 0 aliphatic heterocycles. The summed E-state index contributed by atoms with van der Waals surface area (Å²) in [5.41, 5.74) is 5.61. The molecule has 0 fully saturated rings. The number of sulfonamides is 1. The lowest BCUT2D eigenvalue weighted by Gasteiger charge is -2.08. The van der Waals surface area contributed by atoms with Crippen LogP contribution in [0.5, 0.6) is 0 Å². The third-order valence-electron chi connectivity index (χ3n) is 2.04. The number of imidazole rings is 1. The van der Waals surface area contributed by atoms with E-state index in [0.717, 1.165) is 6.07 Å². The van der Waals surface area contributed by atoms with Crippen molar-refractivity contribution in [2.24, 2.45) is 0 Å². The van der Waals surface area contributed by atoms with E-state index < -0.39 is 20.7 Å². The Hall–Kier alpha value is -1.61. The molecule has 2 rings (SSSR count). The zero-order chi connectivity index (χ0) is 13.3. The van der Waals surface area contributed by atoms with E-state index >= 15 is 0 Å². The Balaban J connectivity index is 2.48. The van der Waals surface area contributed by atoms with Crippen LogP contribution in [0.2, 0.25) is 0 Å². The van der Waals surface area contributed by atoms with Crippen LogP contribution in [0.25, 0.3) is 0 Å². The molecule has 18 heavy (non-hydrogen) atoms. The summed E-state index contributed by atoms with van der Waals surface area (Å²) in [6, 6.07) is 2.31. The number of hydrogen-bond acceptors (Lipinski definition) is 4. The maximum absolute atomic E-state index is 13.8. The summed E-state index contributed by atoms with van der Waals surface area (Å²) in [6.45, 7) is 0. The van der Waals surface area contributed by atoms with Gasteiger partial charge in [-0.05, 0) is 28.1 Å². The lowest BCUT2D eigenvalue weighted by atomic mass is 10.3. The van der Waals surface area contributed by atoms with E-state index in [1.165, 1.54) is 18.5 Å². The minimum atomic E-state index is -4.09. The van der Waals surface area contributed by atoms with Crippen LogP contribution in [0.4, 0.5) is 16.0 Å². The van der Waals surface area contributed by atoms with Gasteiger partial charge < -0.3 is 10.7 Å². The quantitative estimate of drug-likeness (QED) is 0.743. The van der Waals surface area contributed by atoms with Crippen molar-refractivity contribution in [3.8, 4) is 0 Å². The van der Waals surface area contributed by atoms with Gasteiger partial charge in [0, 0.05) is 18.1 Å². The molecule has 0 saturated heterocycles. The third kappa shape index (κ3) is 2.46. The summed E-state index contributed by atoms with van der Waals surface area (Å²) in [7, 11) is -4.09. The highest BCUT2D eigenvalue weighted by Gasteiger charge is 2.22. The van der Waals surface area contributed by atoms with Gasteiger partial charge in [0.2, 0.25) is 5.95 Å². The maximum Gasteiger partial charge on any atom is 0.267 e. The first-order valence-corrected chi connectivity index (χ1v) is 6.94. The summed E-state index contributed by atoms with van der Waals surface area (Å²) in [5, 5.41) is 0. The van der Waals surface area contributed by atoms with Gasteiger partial charge in [-0.2, -0.15) is 0 Å². The molecule has 9 heteroatoms. The normalized spacial score (nSPS) is 11.4. The van der Waals surface area contributed by atoms with Gasteiger partial charge in [-0.1, -0.05) is 0 Å². The van der Waals surface area contributed by atoms with E-state index in [4.69, 9.17) is 5.73 Å². The zero-order valence-electron chi connectivity index (χ0n) is 8.81. The molecule has 0 bridgehead atoms. The number of aromatic amines is 1. The van der Waals surface area contributed by atoms with E-state index in [9.17, 15) is 12.8 Å². The SMILES string of the molecule is Nc1cc(Br)c(F)c(S(=O)(=O)Nc2ncc[nH]2)c1. The van der Waals surface area contributed by atoms with Crippen LogP contribution in [-0.4, -0.2) is 18.4 Å². The number of H-pyrrole nitrogens is 1. The van der Waals surface area contributed by atoms with Crippen molar-refractivity contribution in [2.45, 2.75) is 4.90 Å². The molecule has 0 amide bonds. The Morgan fingerprint density at radius 2 is 2.17 bits per heavy atom. The van der Waals surface area contributed by atoms with Gasteiger partial charge in [0.25, 0.3) is 10.0 Å². The second-order valence-corrected chi connectivity index (χ2v) is 5.86. The van der Waals surface area contributed by atoms with Crippen LogP contribution in [-0.2, 0) is 10.0 Å². The Kier molecular flexibility index (Phi) is 3.26. The van der Waals surface area contributed by atoms with Crippen molar-refractivity contribution in [1.29, 1.82) is 0 Å². The van der Waals surface area contributed by atoms with Crippen LogP contribution >= 0.6 is 15.9 Å². The molecular formula is C9H8BrFN4O2S. The molecule has 1 heterocycles. The number of hydrogen-bond donors (Lipinski definition) is 3. The van der Waals surface area contributed by atoms with E-state index in [1.807, 2.05) is 0 Å². The number of anilines is 2. The van der Waals surface area contributed by atoms with Gasteiger partial charge in [-0.3, -0.25) is 0 Å². The third-order valence-corrected chi connectivity index (χ3v) is 3.95. The molecule has 0 aliphatic carbocycles. The number of nitrogens with two attached hydrogens (primary N) is 1. The number of halogens is 2. The summed E-state index contributed by atoms with van der Waals surface area (Å²) in [6.07, 6.45) is 2.80. The number of nitrogens with one attached hydrogen (secondary N) is 2. The fourth-order valence-corrected chi connectivity index (χ4v) is 3.01. The average molecular weight is 335 g/mol. The van der Waals surface area contributed by atoms with Crippen LogP contribution in [0.1, 0.15) is 0 Å². The number of nitrogen functional groups attached to an aromatic ring is 1. The number of benzene rings is 1. The molecule has 96 valence electrons. The first-order chi connectivity index (χ1) is 8.40. The van der Waals surface area contributed by atoms with Crippen LogP contribution < -0.4 is 10.5 Å². The molecule has 1 aromatic carbocycles. The molecule has 1 aromatic heterocycles. The molecule has 6 nitrogen and oxygen atoms in total. The standard InChI is InChI=1S/C9H8BrFN4O2S/c10-6-3-5(12)4-7(8(6)11)18(16,17)15-9-13-1-2-14-9/h1-4H,12H2,(H2,13,14,15). The van der Waals surface area contributed by atoms with Crippen LogP contribution in [0.15, 0.2) is 33.9 Å². The molecule has 0 aliphatic rings. The molecule has 0 atom stereocenters. The molecule has 0 saturated carbocycles. The Labute approximate surface area is 111 Å². The van der Waals surface area contributed by atoms with Gasteiger partial charge in [0.15, 0.2) is 5.82 Å². The van der Waals surface area contributed by atoms with Crippen molar-refractivity contribution in [1.82, 2.24) is 9.97 Å². The van der Waals surface area contributed by atoms with Crippen molar-refractivity contribution in [2.75, 3.05) is 10.5 Å². The number of aromatic nitrogens is 2. The van der Waals surface area contributed by atoms with Crippen molar-refractivity contribution in [3.05, 3.63) is 34.8 Å². The fraction of sp³-hybridized carbons (Fsp3) is 0. The predicted molar refractivity (Wildman–Crippen MR) is 67.9 cm³/mol. The van der Waals surface area contributed by atoms with E-state index in [0.29, 0.717) is 0 Å². The van der Waals surface area contributed by atoms with E-state index in [2.05, 4.69) is 30.6 Å². The number of rotatable bonds is 3. The second-order valence-electron chi connectivity index (χ2n) is 3.36. The van der Waals surface area contributed by atoms with E-state index in [-0.39, 0.29) is 16.1 Å². The molecule has 0 spiro atoms. The highest BCUT2D eigenvalue weighted by Crippen LogP contribution is 2.26. The molecule has 2 aromatic rings. The predicted octanol–water partition coefficient (Wildman–Crippen LogP) is 1.69. The molecule has 0 radical (unpaired) electrons. The lowest BCUT2D eigenvalue weighted by molar-refractivity contribution is 0.566. The largest absolute Gasteiger partial charge is 0.399 e. The highest BCUT2D eigenvalue weighted by atomic mass is 79.9. The highest BCUT2D eigenvalue weighted by molar-refractivity contribution is 9.10. The number of nitrogens with zero attached hydrogens (tertiary/aromatic N) is 1. The average Bonchev–Trinajstić information content (AvgIpc) is 2.75. The fourth-order valence-electron chi connectivity index (χ4n) is 1.28. The smallest absolute Gasteiger partial charge is 0.267 e. The topological polar surface area (TPSA) is 101 Å². The second kappa shape index (κ2) is 4.58. The summed E-state index contributed by atoms with van der Waals surface area (Å²) < 4.78 is 39.7. The van der Waals surface area contributed by atoms with Gasteiger partial charge in [-0.25, -0.2) is 22.5 Å². The minimum Gasteiger partial charge on any atom is -0.399 e. The van der Waals surface area contributed by atoms with Crippen molar-refractivity contribution >= 4 is 37.6 Å². The van der Waals surface area contributed by atoms with Crippen molar-refractivity contribution in [3.63, 3.8) is 0 Å². The minimum absolute atomic E-state index is 0.00653. The maximum atomic E-state index is 13.8. The van der Waals surface area contributed by atoms with Gasteiger partial charge >= 0.3 is 0 Å².